The van der Waals surface area contributed by atoms with Crippen LogP contribution in [0.3, 0.4) is 0 Å². The van der Waals surface area contributed by atoms with Crippen LogP contribution in [-0.2, 0) is 14.3 Å². The molecule has 3 aromatic rings. The van der Waals surface area contributed by atoms with Crippen molar-refractivity contribution in [3.8, 4) is 5.75 Å². The summed E-state index contributed by atoms with van der Waals surface area (Å²) >= 11 is 2.31. The molecule has 3 heterocycles. The van der Waals surface area contributed by atoms with E-state index in [2.05, 4.69) is 4.98 Å². The number of methoxy groups -OCH3 is 1. The molecule has 8 nitrogen and oxygen atoms in total. The zero-order valence-corrected chi connectivity index (χ0v) is 19.7. The minimum atomic E-state index is -0.882. The van der Waals surface area contributed by atoms with E-state index in [9.17, 15) is 19.5 Å². The quantitative estimate of drug-likeness (QED) is 0.240. The number of hydrogen-bond acceptors (Lipinski definition) is 9. The third-order valence-electron chi connectivity index (χ3n) is 5.06. The number of thiophene rings is 1. The van der Waals surface area contributed by atoms with Gasteiger partial charge in [-0.3, -0.25) is 14.5 Å². The molecule has 1 aliphatic heterocycles. The van der Waals surface area contributed by atoms with Gasteiger partial charge >= 0.3 is 11.9 Å². The van der Waals surface area contributed by atoms with Crippen molar-refractivity contribution in [3.63, 3.8) is 0 Å². The molecule has 33 heavy (non-hydrogen) atoms. The van der Waals surface area contributed by atoms with Gasteiger partial charge in [0.15, 0.2) is 5.13 Å². The Hall–Kier alpha value is -3.50. The minimum absolute atomic E-state index is 0.0425. The van der Waals surface area contributed by atoms with Crippen molar-refractivity contribution < 1.29 is 29.0 Å². The van der Waals surface area contributed by atoms with Gasteiger partial charge in [0.1, 0.15) is 22.4 Å². The summed E-state index contributed by atoms with van der Waals surface area (Å²) in [6, 6.07) is 9.31. The fraction of sp³-hybridized carbons (Fsp3) is 0.217. The highest BCUT2D eigenvalue weighted by Gasteiger charge is 2.48. The molecule has 0 radical (unpaired) electrons. The Morgan fingerprint density at radius 2 is 1.94 bits per heavy atom. The second-order valence-electron chi connectivity index (χ2n) is 7.04. The van der Waals surface area contributed by atoms with Gasteiger partial charge < -0.3 is 14.6 Å². The van der Waals surface area contributed by atoms with Gasteiger partial charge in [-0.1, -0.05) is 17.4 Å². The number of carbonyl (C=O) groups excluding carboxylic acids is 3. The molecule has 2 aromatic heterocycles. The summed E-state index contributed by atoms with van der Waals surface area (Å²) in [5, 5.41) is 13.1. The zero-order chi connectivity index (χ0) is 23.7. The lowest BCUT2D eigenvalue weighted by Gasteiger charge is -2.21. The van der Waals surface area contributed by atoms with Crippen LogP contribution in [0, 0.1) is 6.92 Å². The van der Waals surface area contributed by atoms with Gasteiger partial charge in [-0.05, 0) is 49.6 Å². The summed E-state index contributed by atoms with van der Waals surface area (Å²) in [5.74, 6) is -1.90. The van der Waals surface area contributed by atoms with E-state index in [1.54, 1.807) is 43.3 Å². The predicted molar refractivity (Wildman–Crippen MR) is 125 cm³/mol. The highest BCUT2D eigenvalue weighted by atomic mass is 32.1. The summed E-state index contributed by atoms with van der Waals surface area (Å²) in [5.41, 5.74) is 0.725. The number of aliphatic hydroxyl groups is 1. The van der Waals surface area contributed by atoms with Crippen LogP contribution < -0.4 is 9.64 Å². The van der Waals surface area contributed by atoms with E-state index in [1.807, 2.05) is 12.3 Å². The van der Waals surface area contributed by atoms with Gasteiger partial charge in [-0.15, -0.1) is 11.3 Å². The highest BCUT2D eigenvalue weighted by molar-refractivity contribution is 7.18. The van der Waals surface area contributed by atoms with E-state index in [0.717, 1.165) is 11.3 Å². The lowest BCUT2D eigenvalue weighted by Crippen LogP contribution is -2.29. The average Bonchev–Trinajstić information content (AvgIpc) is 3.53. The van der Waals surface area contributed by atoms with Gasteiger partial charge in [-0.2, -0.15) is 0 Å². The van der Waals surface area contributed by atoms with Gasteiger partial charge in [0, 0.05) is 10.4 Å². The number of aromatic nitrogens is 1. The first-order chi connectivity index (χ1) is 15.9. The highest BCUT2D eigenvalue weighted by Crippen LogP contribution is 2.45. The van der Waals surface area contributed by atoms with E-state index >= 15 is 0 Å². The standard InChI is InChI=1S/C23H20N2O6S2/c1-4-31-14-9-7-13(8-10-14)18(26)16-17(15-6-5-11-32-15)25(21(28)19(16)27)23-24-12(2)20(33-23)22(29)30-3/h5-11,17,26H,4H2,1-3H3/t17-/m0/s1. The molecule has 170 valence electrons. The summed E-state index contributed by atoms with van der Waals surface area (Å²) < 4.78 is 10.2. The molecule has 0 unspecified atom stereocenters. The number of ether oxygens (including phenoxy) is 2. The molecule has 10 heteroatoms. The Balaban J connectivity index is 1.85. The summed E-state index contributed by atoms with van der Waals surface area (Å²) in [6.45, 7) is 3.99. The monoisotopic (exact) mass is 484 g/mol. The van der Waals surface area contributed by atoms with Crippen molar-refractivity contribution >= 4 is 51.2 Å². The first-order valence-electron chi connectivity index (χ1n) is 10.0. The van der Waals surface area contributed by atoms with Crippen LogP contribution in [0.5, 0.6) is 5.75 Å². The number of amides is 1. The van der Waals surface area contributed by atoms with E-state index in [-0.39, 0.29) is 21.3 Å². The lowest BCUT2D eigenvalue weighted by atomic mass is 10.00. The molecule has 1 fully saturated rings. The van der Waals surface area contributed by atoms with Crippen LogP contribution in [0.4, 0.5) is 5.13 Å². The van der Waals surface area contributed by atoms with Crippen molar-refractivity contribution in [2.45, 2.75) is 19.9 Å². The molecular weight excluding hydrogens is 464 g/mol. The molecule has 1 N–H and O–H groups in total. The fourth-order valence-electron chi connectivity index (χ4n) is 3.54. The fourth-order valence-corrected chi connectivity index (χ4v) is 5.38. The van der Waals surface area contributed by atoms with E-state index < -0.39 is 23.7 Å². The molecule has 1 aromatic carbocycles. The van der Waals surface area contributed by atoms with E-state index in [1.165, 1.54) is 23.3 Å². The SMILES string of the molecule is CCOc1ccc(C(O)=C2C(=O)C(=O)N(c3nc(C)c(C(=O)OC)s3)[C@H]2c2cccs2)cc1. The van der Waals surface area contributed by atoms with Crippen LogP contribution in [0.15, 0.2) is 47.4 Å². The second kappa shape index (κ2) is 9.16. The number of aliphatic hydroxyl groups excluding tert-OH is 1. The average molecular weight is 485 g/mol. The van der Waals surface area contributed by atoms with Crippen LogP contribution >= 0.6 is 22.7 Å². The number of nitrogens with zero attached hydrogens (tertiary/aromatic N) is 2. The summed E-state index contributed by atoms with van der Waals surface area (Å²) in [6.07, 6.45) is 0. The van der Waals surface area contributed by atoms with Crippen molar-refractivity contribution in [1.82, 2.24) is 4.98 Å². The number of ketones is 1. The Labute approximate surface area is 197 Å². The zero-order valence-electron chi connectivity index (χ0n) is 18.0. The van der Waals surface area contributed by atoms with Gasteiger partial charge in [0.25, 0.3) is 5.78 Å². The number of esters is 1. The summed E-state index contributed by atoms with van der Waals surface area (Å²) in [4.78, 5) is 44.8. The van der Waals surface area contributed by atoms with Crippen molar-refractivity contribution in [3.05, 3.63) is 68.4 Å². The number of anilines is 1. The van der Waals surface area contributed by atoms with E-state index in [4.69, 9.17) is 9.47 Å². The Kier molecular flexibility index (Phi) is 6.30. The molecule has 0 spiro atoms. The first-order valence-corrected chi connectivity index (χ1v) is 11.7. The smallest absolute Gasteiger partial charge is 0.350 e. The molecule has 0 bridgehead atoms. The van der Waals surface area contributed by atoms with Gasteiger partial charge in [-0.25, -0.2) is 9.78 Å². The first kappa shape index (κ1) is 22.7. The second-order valence-corrected chi connectivity index (χ2v) is 9.00. The molecule has 1 saturated heterocycles. The van der Waals surface area contributed by atoms with E-state index in [0.29, 0.717) is 28.5 Å². The van der Waals surface area contributed by atoms with Gasteiger partial charge in [0.05, 0.1) is 25.0 Å². The molecule has 0 aliphatic carbocycles. The third kappa shape index (κ3) is 4.03. The molecule has 1 aliphatic rings. The van der Waals surface area contributed by atoms with Crippen LogP contribution in [0.2, 0.25) is 0 Å². The number of hydrogen-bond donors (Lipinski definition) is 1. The topological polar surface area (TPSA) is 106 Å². The number of thiazole rings is 1. The molecule has 4 rings (SSSR count). The number of aryl methyl sites for hydroxylation is 1. The van der Waals surface area contributed by atoms with Crippen molar-refractivity contribution in [2.75, 3.05) is 18.6 Å². The van der Waals surface area contributed by atoms with Crippen LogP contribution in [-0.4, -0.2) is 41.5 Å². The number of carbonyl (C=O) groups is 3. The van der Waals surface area contributed by atoms with Crippen molar-refractivity contribution in [1.29, 1.82) is 0 Å². The molecular formula is C23H20N2O6S2. The number of benzene rings is 1. The number of rotatable bonds is 6. The lowest BCUT2D eigenvalue weighted by molar-refractivity contribution is -0.132. The Bertz CT molecular complexity index is 1240. The Morgan fingerprint density at radius 1 is 1.21 bits per heavy atom. The normalized spacial score (nSPS) is 17.4. The molecule has 1 atom stereocenters. The minimum Gasteiger partial charge on any atom is -0.507 e. The van der Waals surface area contributed by atoms with Gasteiger partial charge in [0.2, 0.25) is 0 Å². The largest absolute Gasteiger partial charge is 0.507 e. The third-order valence-corrected chi connectivity index (χ3v) is 7.12. The molecule has 1 amide bonds. The maximum absolute atomic E-state index is 13.1. The molecule has 0 saturated carbocycles. The number of Topliss-reactive ketones (excluding diaryl/α,β-unsaturated/α-hetero) is 1. The maximum atomic E-state index is 13.1. The Morgan fingerprint density at radius 3 is 2.55 bits per heavy atom. The van der Waals surface area contributed by atoms with Crippen LogP contribution in [0.1, 0.15) is 38.8 Å². The van der Waals surface area contributed by atoms with Crippen molar-refractivity contribution in [2.24, 2.45) is 0 Å². The summed E-state index contributed by atoms with van der Waals surface area (Å²) in [7, 11) is 1.26. The maximum Gasteiger partial charge on any atom is 0.350 e. The predicted octanol–water partition coefficient (Wildman–Crippen LogP) is 4.32. The van der Waals surface area contributed by atoms with Crippen LogP contribution in [0.25, 0.3) is 5.76 Å².